The van der Waals surface area contributed by atoms with Crippen LogP contribution in [-0.4, -0.2) is 24.5 Å². The quantitative estimate of drug-likeness (QED) is 0.738. The standard InChI is InChI=1S/C14H17N5O2S/c1-14(2,3)12-17-21-13(20)19(12)7-10-8-22-11(16-10)9-5-15-18(4)6-9/h5-6,8H,7H2,1-4H3. The van der Waals surface area contributed by atoms with E-state index in [1.54, 1.807) is 10.9 Å². The van der Waals surface area contributed by atoms with Crippen molar-refractivity contribution in [3.05, 3.63) is 39.8 Å². The van der Waals surface area contributed by atoms with Gasteiger partial charge in [-0.25, -0.2) is 9.78 Å². The van der Waals surface area contributed by atoms with E-state index in [4.69, 9.17) is 4.52 Å². The Balaban J connectivity index is 1.91. The predicted octanol–water partition coefficient (Wildman–Crippen LogP) is 2.04. The fourth-order valence-corrected chi connectivity index (χ4v) is 2.94. The Kier molecular flexibility index (Phi) is 3.48. The van der Waals surface area contributed by atoms with E-state index in [0.29, 0.717) is 12.4 Å². The summed E-state index contributed by atoms with van der Waals surface area (Å²) in [4.78, 5) is 16.4. The second kappa shape index (κ2) is 5.20. The van der Waals surface area contributed by atoms with Crippen LogP contribution < -0.4 is 5.76 Å². The van der Waals surface area contributed by atoms with Crippen molar-refractivity contribution in [3.63, 3.8) is 0 Å². The van der Waals surface area contributed by atoms with Crippen molar-refractivity contribution in [1.29, 1.82) is 0 Å². The van der Waals surface area contributed by atoms with E-state index in [-0.39, 0.29) is 5.41 Å². The van der Waals surface area contributed by atoms with Gasteiger partial charge in [0, 0.05) is 29.6 Å². The Labute approximate surface area is 131 Å². The molecule has 3 aromatic rings. The molecule has 0 aliphatic heterocycles. The number of nitrogens with zero attached hydrogens (tertiary/aromatic N) is 5. The van der Waals surface area contributed by atoms with Gasteiger partial charge in [-0.1, -0.05) is 25.9 Å². The van der Waals surface area contributed by atoms with Crippen LogP contribution in [-0.2, 0) is 19.0 Å². The minimum Gasteiger partial charge on any atom is -0.296 e. The van der Waals surface area contributed by atoms with Crippen molar-refractivity contribution in [2.45, 2.75) is 32.7 Å². The van der Waals surface area contributed by atoms with Crippen molar-refractivity contribution in [1.82, 2.24) is 24.5 Å². The summed E-state index contributed by atoms with van der Waals surface area (Å²) in [5.41, 5.74) is 1.50. The molecular formula is C14H17N5O2S. The molecular weight excluding hydrogens is 302 g/mol. The van der Waals surface area contributed by atoms with Crippen molar-refractivity contribution in [3.8, 4) is 10.6 Å². The first-order valence-corrected chi connectivity index (χ1v) is 7.73. The second-order valence-electron chi connectivity index (χ2n) is 6.15. The fourth-order valence-electron chi connectivity index (χ4n) is 2.15. The molecule has 0 amide bonds. The SMILES string of the molecule is Cn1cc(-c2nc(Cn3c(C(C)(C)C)noc3=O)cs2)cn1. The molecule has 0 spiro atoms. The maximum absolute atomic E-state index is 11.9. The molecule has 7 nitrogen and oxygen atoms in total. The molecule has 0 unspecified atom stereocenters. The topological polar surface area (TPSA) is 78.7 Å². The molecule has 0 N–H and O–H groups in total. The highest BCUT2D eigenvalue weighted by molar-refractivity contribution is 7.13. The Hall–Kier alpha value is -2.22. The van der Waals surface area contributed by atoms with Crippen LogP contribution in [0.15, 0.2) is 27.1 Å². The van der Waals surface area contributed by atoms with E-state index >= 15 is 0 Å². The van der Waals surface area contributed by atoms with Crippen LogP contribution in [0.5, 0.6) is 0 Å². The van der Waals surface area contributed by atoms with E-state index in [9.17, 15) is 4.79 Å². The molecule has 0 bridgehead atoms. The van der Waals surface area contributed by atoms with Gasteiger partial charge in [-0.05, 0) is 0 Å². The van der Waals surface area contributed by atoms with Gasteiger partial charge in [0.25, 0.3) is 0 Å². The zero-order valence-electron chi connectivity index (χ0n) is 12.9. The third kappa shape index (κ3) is 2.74. The Morgan fingerprint density at radius 1 is 1.36 bits per heavy atom. The van der Waals surface area contributed by atoms with E-state index < -0.39 is 5.76 Å². The molecule has 116 valence electrons. The Morgan fingerprint density at radius 3 is 2.77 bits per heavy atom. The van der Waals surface area contributed by atoms with Gasteiger partial charge < -0.3 is 0 Å². The highest BCUT2D eigenvalue weighted by Gasteiger charge is 2.24. The summed E-state index contributed by atoms with van der Waals surface area (Å²) in [6.45, 7) is 6.32. The fraction of sp³-hybridized carbons (Fsp3) is 0.429. The lowest BCUT2D eigenvalue weighted by atomic mass is 9.96. The molecule has 0 aliphatic carbocycles. The Morgan fingerprint density at radius 2 is 2.14 bits per heavy atom. The molecule has 22 heavy (non-hydrogen) atoms. The monoisotopic (exact) mass is 319 g/mol. The predicted molar refractivity (Wildman–Crippen MR) is 82.9 cm³/mol. The lowest BCUT2D eigenvalue weighted by molar-refractivity contribution is 0.367. The number of thiazole rings is 1. The second-order valence-corrected chi connectivity index (χ2v) is 7.01. The van der Waals surface area contributed by atoms with Crippen LogP contribution in [0.4, 0.5) is 0 Å². The van der Waals surface area contributed by atoms with Crippen molar-refractivity contribution < 1.29 is 4.52 Å². The van der Waals surface area contributed by atoms with Gasteiger partial charge in [0.2, 0.25) is 0 Å². The van der Waals surface area contributed by atoms with Crippen LogP contribution >= 0.6 is 11.3 Å². The number of rotatable bonds is 3. The normalized spacial score (nSPS) is 12.0. The molecule has 0 fully saturated rings. The maximum Gasteiger partial charge on any atom is 0.441 e. The number of aromatic nitrogens is 5. The van der Waals surface area contributed by atoms with Crippen LogP contribution in [0.1, 0.15) is 32.3 Å². The average Bonchev–Trinajstić information content (AvgIpc) is 3.11. The summed E-state index contributed by atoms with van der Waals surface area (Å²) in [6, 6.07) is 0. The lowest BCUT2D eigenvalue weighted by Crippen LogP contribution is -2.25. The van der Waals surface area contributed by atoms with Crippen LogP contribution in [0.2, 0.25) is 0 Å². The molecule has 3 aromatic heterocycles. The molecule has 3 heterocycles. The molecule has 0 saturated heterocycles. The van der Waals surface area contributed by atoms with Gasteiger partial charge in [-0.2, -0.15) is 5.10 Å². The summed E-state index contributed by atoms with van der Waals surface area (Å²) in [5, 5.41) is 10.8. The number of hydrogen-bond acceptors (Lipinski definition) is 6. The van der Waals surface area contributed by atoms with Gasteiger partial charge >= 0.3 is 5.76 Å². The minimum atomic E-state index is -0.458. The van der Waals surface area contributed by atoms with Gasteiger partial charge in [0.05, 0.1) is 18.4 Å². The Bertz CT molecular complexity index is 849. The van der Waals surface area contributed by atoms with Crippen LogP contribution in [0, 0.1) is 0 Å². The van der Waals surface area contributed by atoms with Crippen LogP contribution in [0.25, 0.3) is 10.6 Å². The summed E-state index contributed by atoms with van der Waals surface area (Å²) in [7, 11) is 1.87. The number of hydrogen-bond donors (Lipinski definition) is 0. The van der Waals surface area contributed by atoms with Crippen molar-refractivity contribution in [2.24, 2.45) is 7.05 Å². The van der Waals surface area contributed by atoms with Gasteiger partial charge in [0.1, 0.15) is 5.01 Å². The summed E-state index contributed by atoms with van der Waals surface area (Å²) >= 11 is 1.53. The summed E-state index contributed by atoms with van der Waals surface area (Å²) in [5.74, 6) is 0.161. The third-order valence-corrected chi connectivity index (χ3v) is 4.12. The zero-order valence-corrected chi connectivity index (χ0v) is 13.7. The molecule has 0 aromatic carbocycles. The van der Waals surface area contributed by atoms with Crippen LogP contribution in [0.3, 0.4) is 0 Å². The highest BCUT2D eigenvalue weighted by atomic mass is 32.1. The first-order chi connectivity index (χ1) is 10.3. The molecule has 0 saturated carbocycles. The molecule has 0 atom stereocenters. The first kappa shape index (κ1) is 14.7. The van der Waals surface area contributed by atoms with E-state index in [1.165, 1.54) is 15.9 Å². The first-order valence-electron chi connectivity index (χ1n) is 6.85. The van der Waals surface area contributed by atoms with E-state index in [1.807, 2.05) is 39.4 Å². The minimum absolute atomic E-state index is 0.269. The van der Waals surface area contributed by atoms with Crippen molar-refractivity contribution >= 4 is 11.3 Å². The summed E-state index contributed by atoms with van der Waals surface area (Å²) < 4.78 is 8.07. The molecule has 0 aliphatic rings. The smallest absolute Gasteiger partial charge is 0.296 e. The summed E-state index contributed by atoms with van der Waals surface area (Å²) in [6.07, 6.45) is 3.68. The molecule has 0 radical (unpaired) electrons. The van der Waals surface area contributed by atoms with E-state index in [2.05, 4.69) is 15.2 Å². The van der Waals surface area contributed by atoms with E-state index in [0.717, 1.165) is 16.3 Å². The number of aryl methyl sites for hydroxylation is 1. The molecule has 3 rings (SSSR count). The molecule has 8 heteroatoms. The zero-order chi connectivity index (χ0) is 15.9. The maximum atomic E-state index is 11.9. The van der Waals surface area contributed by atoms with Gasteiger partial charge in [0.15, 0.2) is 5.82 Å². The largest absolute Gasteiger partial charge is 0.441 e. The third-order valence-electron chi connectivity index (χ3n) is 3.18. The lowest BCUT2D eigenvalue weighted by Gasteiger charge is -2.16. The van der Waals surface area contributed by atoms with Gasteiger partial charge in [-0.15, -0.1) is 11.3 Å². The average molecular weight is 319 g/mol. The van der Waals surface area contributed by atoms with Crippen molar-refractivity contribution in [2.75, 3.05) is 0 Å². The van der Waals surface area contributed by atoms with Gasteiger partial charge in [-0.3, -0.25) is 13.8 Å². The highest BCUT2D eigenvalue weighted by Crippen LogP contribution is 2.24.